The number of rotatable bonds is 7. The van der Waals surface area contributed by atoms with Gasteiger partial charge in [-0.05, 0) is 26.0 Å². The minimum atomic E-state index is -0.927. The molecule has 30 heavy (non-hydrogen) atoms. The van der Waals surface area contributed by atoms with Gasteiger partial charge in [-0.1, -0.05) is 16.8 Å². The number of benzene rings is 1. The summed E-state index contributed by atoms with van der Waals surface area (Å²) in [4.78, 5) is 31.4. The average molecular weight is 437 g/mol. The zero-order chi connectivity index (χ0) is 22.6. The molecule has 2 aromatic rings. The number of aromatic nitrogens is 2. The van der Waals surface area contributed by atoms with Crippen molar-refractivity contribution in [1.29, 1.82) is 5.41 Å². The van der Waals surface area contributed by atoms with Gasteiger partial charge in [-0.25, -0.2) is 14.4 Å². The number of ether oxygens (including phenoxy) is 1. The Bertz CT molecular complexity index is 1060. The second-order valence-electron chi connectivity index (χ2n) is 6.08. The molecule has 10 nitrogen and oxygen atoms in total. The van der Waals surface area contributed by atoms with Crippen LogP contribution < -0.4 is 15.8 Å². The molecule has 1 heterocycles. The number of methoxy groups -OCH3 is 1. The van der Waals surface area contributed by atoms with Crippen molar-refractivity contribution in [3.8, 4) is 22.9 Å². The van der Waals surface area contributed by atoms with Crippen LogP contribution in [0.25, 0.3) is 11.3 Å². The molecule has 1 amide bonds. The lowest BCUT2D eigenvalue weighted by Crippen LogP contribution is -2.28. The Balaban J connectivity index is 2.49. The van der Waals surface area contributed by atoms with Crippen molar-refractivity contribution in [2.75, 3.05) is 7.11 Å². The number of nitrogens with one attached hydrogen (secondary N) is 2. The van der Waals surface area contributed by atoms with Crippen molar-refractivity contribution in [2.24, 2.45) is 10.9 Å². The first-order valence-corrected chi connectivity index (χ1v) is 8.76. The van der Waals surface area contributed by atoms with Crippen LogP contribution >= 0.6 is 11.6 Å². The normalized spacial score (nSPS) is 12.6. The number of nitrogens with zero attached hydrogens (tertiary/aromatic N) is 3. The molecule has 0 aliphatic heterocycles. The second-order valence-corrected chi connectivity index (χ2v) is 6.49. The first-order chi connectivity index (χ1) is 14.1. The highest BCUT2D eigenvalue weighted by Crippen LogP contribution is 2.31. The fourth-order valence-electron chi connectivity index (χ4n) is 2.45. The maximum Gasteiger partial charge on any atom is 0.259 e. The molecule has 1 atom stereocenters. The molecule has 12 heteroatoms. The van der Waals surface area contributed by atoms with Gasteiger partial charge in [0.05, 0.1) is 36.0 Å². The predicted molar refractivity (Wildman–Crippen MR) is 108 cm³/mol. The molecule has 0 bridgehead atoms. The third kappa shape index (κ3) is 4.69. The maximum atomic E-state index is 14.7. The SMILES string of the molecule is COc1ncc(-c2cc(O)c(C(=O)N/C(C(C)=N)=C(/N)Cl)cc2F)nc1C(C)N=O. The van der Waals surface area contributed by atoms with Crippen LogP contribution in [-0.2, 0) is 0 Å². The fraction of sp³-hybridized carbons (Fsp3) is 0.222. The lowest BCUT2D eigenvalue weighted by atomic mass is 10.1. The summed E-state index contributed by atoms with van der Waals surface area (Å²) in [5.74, 6) is -2.35. The van der Waals surface area contributed by atoms with E-state index in [9.17, 15) is 19.2 Å². The molecule has 1 aromatic heterocycles. The van der Waals surface area contributed by atoms with Gasteiger partial charge in [-0.2, -0.15) is 4.91 Å². The van der Waals surface area contributed by atoms with Crippen LogP contribution in [0.15, 0.2) is 34.4 Å². The number of halogens is 2. The first kappa shape index (κ1) is 22.7. The Morgan fingerprint density at radius 3 is 2.67 bits per heavy atom. The summed E-state index contributed by atoms with van der Waals surface area (Å²) >= 11 is 5.63. The van der Waals surface area contributed by atoms with E-state index in [0.29, 0.717) is 0 Å². The first-order valence-electron chi connectivity index (χ1n) is 8.39. The van der Waals surface area contributed by atoms with Gasteiger partial charge in [0, 0.05) is 5.56 Å². The summed E-state index contributed by atoms with van der Waals surface area (Å²) in [6.45, 7) is 2.80. The van der Waals surface area contributed by atoms with Crippen LogP contribution in [0.2, 0.25) is 0 Å². The van der Waals surface area contributed by atoms with E-state index in [1.807, 2.05) is 0 Å². The molecule has 0 saturated carbocycles. The van der Waals surface area contributed by atoms with E-state index in [2.05, 4.69) is 20.5 Å². The van der Waals surface area contributed by atoms with E-state index < -0.39 is 29.1 Å². The third-order valence-electron chi connectivity index (χ3n) is 3.97. The molecular weight excluding hydrogens is 419 g/mol. The molecule has 158 valence electrons. The summed E-state index contributed by atoms with van der Waals surface area (Å²) in [5.41, 5.74) is 4.58. The van der Waals surface area contributed by atoms with Crippen LogP contribution in [0.4, 0.5) is 4.39 Å². The fourth-order valence-corrected chi connectivity index (χ4v) is 2.64. The van der Waals surface area contributed by atoms with Gasteiger partial charge in [0.15, 0.2) is 0 Å². The summed E-state index contributed by atoms with van der Waals surface area (Å²) in [7, 11) is 1.33. The van der Waals surface area contributed by atoms with Crippen molar-refractivity contribution < 1.29 is 19.0 Å². The molecule has 1 unspecified atom stereocenters. The summed E-state index contributed by atoms with van der Waals surface area (Å²) in [6.07, 6.45) is 1.19. The van der Waals surface area contributed by atoms with Gasteiger partial charge in [-0.15, -0.1) is 0 Å². The number of nitroso groups, excluding NO2 is 1. The van der Waals surface area contributed by atoms with Crippen LogP contribution in [0.3, 0.4) is 0 Å². The minimum absolute atomic E-state index is 0.0121. The highest BCUT2D eigenvalue weighted by Gasteiger charge is 2.22. The van der Waals surface area contributed by atoms with E-state index >= 15 is 0 Å². The van der Waals surface area contributed by atoms with E-state index in [-0.39, 0.29) is 39.4 Å². The topological polar surface area (TPSA) is 164 Å². The van der Waals surface area contributed by atoms with Crippen molar-refractivity contribution in [3.63, 3.8) is 0 Å². The summed E-state index contributed by atoms with van der Waals surface area (Å²) < 4.78 is 19.8. The van der Waals surface area contributed by atoms with Gasteiger partial charge < -0.3 is 26.3 Å². The van der Waals surface area contributed by atoms with Crippen molar-refractivity contribution in [1.82, 2.24) is 15.3 Å². The Morgan fingerprint density at radius 2 is 2.13 bits per heavy atom. The average Bonchev–Trinajstić information content (AvgIpc) is 2.71. The molecule has 1 aromatic carbocycles. The zero-order valence-electron chi connectivity index (χ0n) is 16.2. The van der Waals surface area contributed by atoms with E-state index in [1.165, 1.54) is 27.2 Å². The third-order valence-corrected chi connectivity index (χ3v) is 4.16. The highest BCUT2D eigenvalue weighted by atomic mass is 35.5. The predicted octanol–water partition coefficient (Wildman–Crippen LogP) is 2.96. The number of phenolic OH excluding ortho intramolecular Hbond substituents is 1. The molecule has 0 radical (unpaired) electrons. The number of carbonyl (C=O) groups excluding carboxylic acids is 1. The minimum Gasteiger partial charge on any atom is -0.507 e. The second kappa shape index (κ2) is 9.27. The standard InChI is InChI=1S/C18H18ClFN6O4/c1-7(21)14(16(19)22)25-17(28)10-4-11(20)9(5-13(10)27)12-6-23-18(30-3)15(24-12)8(2)26-29/h4-6,8,21,27H,22H2,1-3H3,(H,25,28)/b16-14+,21-7?. The number of amides is 1. The van der Waals surface area contributed by atoms with E-state index in [4.69, 9.17) is 27.5 Å². The van der Waals surface area contributed by atoms with Gasteiger partial charge in [0.2, 0.25) is 5.88 Å². The quantitative estimate of drug-likeness (QED) is 0.294. The lowest BCUT2D eigenvalue weighted by Gasteiger charge is -2.13. The molecule has 0 fully saturated rings. The molecule has 5 N–H and O–H groups in total. The van der Waals surface area contributed by atoms with Gasteiger partial charge in [0.25, 0.3) is 5.91 Å². The highest BCUT2D eigenvalue weighted by molar-refractivity contribution is 6.31. The Kier molecular flexibility index (Phi) is 7.01. The summed E-state index contributed by atoms with van der Waals surface area (Å²) in [5, 5.41) is 22.6. The maximum absolute atomic E-state index is 14.7. The monoisotopic (exact) mass is 436 g/mol. The van der Waals surface area contributed by atoms with E-state index in [1.54, 1.807) is 0 Å². The molecule has 0 aliphatic rings. The smallest absolute Gasteiger partial charge is 0.259 e. The number of nitrogens with two attached hydrogens (primary N) is 1. The number of hydrogen-bond acceptors (Lipinski definition) is 9. The van der Waals surface area contributed by atoms with Crippen molar-refractivity contribution in [3.05, 3.63) is 51.2 Å². The molecule has 0 spiro atoms. The van der Waals surface area contributed by atoms with Crippen LogP contribution in [0.5, 0.6) is 11.6 Å². The number of phenols is 1. The van der Waals surface area contributed by atoms with Gasteiger partial charge in [0.1, 0.15) is 28.5 Å². The van der Waals surface area contributed by atoms with Crippen LogP contribution in [-0.4, -0.2) is 33.8 Å². The summed E-state index contributed by atoms with van der Waals surface area (Å²) in [6, 6.07) is 0.854. The number of hydrogen-bond donors (Lipinski definition) is 4. The molecule has 0 aliphatic carbocycles. The Morgan fingerprint density at radius 1 is 1.47 bits per heavy atom. The molecule has 0 saturated heterocycles. The van der Waals surface area contributed by atoms with Crippen molar-refractivity contribution >= 4 is 23.2 Å². The Hall–Kier alpha value is -3.60. The largest absolute Gasteiger partial charge is 0.507 e. The zero-order valence-corrected chi connectivity index (χ0v) is 16.9. The van der Waals surface area contributed by atoms with Crippen molar-refractivity contribution in [2.45, 2.75) is 19.9 Å². The Labute approximate surface area is 175 Å². The lowest BCUT2D eigenvalue weighted by molar-refractivity contribution is 0.0964. The number of allylic oxidation sites excluding steroid dienone is 1. The van der Waals surface area contributed by atoms with E-state index in [0.717, 1.165) is 12.1 Å². The number of carbonyl (C=O) groups is 1. The molecular formula is C18H18ClFN6O4. The van der Waals surface area contributed by atoms with Gasteiger partial charge in [-0.3, -0.25) is 4.79 Å². The number of aromatic hydroxyl groups is 1. The van der Waals surface area contributed by atoms with Gasteiger partial charge >= 0.3 is 0 Å². The molecule has 2 rings (SSSR count). The van der Waals surface area contributed by atoms with Crippen LogP contribution in [0.1, 0.15) is 35.9 Å². The van der Waals surface area contributed by atoms with Crippen LogP contribution in [0, 0.1) is 16.1 Å².